The van der Waals surface area contributed by atoms with E-state index in [2.05, 4.69) is 39.9 Å². The summed E-state index contributed by atoms with van der Waals surface area (Å²) in [6.07, 6.45) is 41.6. The lowest BCUT2D eigenvalue weighted by Crippen LogP contribution is -2.19. The first-order chi connectivity index (χ1) is 24.5. The van der Waals surface area contributed by atoms with Gasteiger partial charge in [0.15, 0.2) is 0 Å². The quantitative estimate of drug-likeness (QED) is 0.0510. The standard InChI is InChI=1S/C29H59NO2.C17H34O/c1-4-7-10-13-14-19-24-28(23-18-12-9-6-3)29(31)32-27-22-17-16-21-26-30-25-20-15-11-8-5-2;1-4-6-8-10-11-13-15-17(16(3)18)14-12-9-7-5-2/h28,30H,4-27H2,1-3H3;17H,4-15H2,1-3H3. The van der Waals surface area contributed by atoms with E-state index in [1.54, 1.807) is 6.92 Å². The fourth-order valence-corrected chi connectivity index (χ4v) is 6.88. The molecule has 0 aliphatic rings. The number of unbranched alkanes of at least 4 members (excludes halogenated alkanes) is 23. The van der Waals surface area contributed by atoms with Gasteiger partial charge in [0.2, 0.25) is 0 Å². The molecule has 0 aliphatic heterocycles. The molecule has 0 bridgehead atoms. The van der Waals surface area contributed by atoms with Gasteiger partial charge in [0.05, 0.1) is 12.5 Å². The maximum atomic E-state index is 12.6. The second-order valence-corrected chi connectivity index (χ2v) is 15.6. The molecule has 0 aromatic heterocycles. The van der Waals surface area contributed by atoms with E-state index >= 15 is 0 Å². The van der Waals surface area contributed by atoms with Crippen LogP contribution < -0.4 is 5.32 Å². The Morgan fingerprint density at radius 2 is 0.700 bits per heavy atom. The molecule has 0 fully saturated rings. The molecule has 4 nitrogen and oxygen atoms in total. The lowest BCUT2D eigenvalue weighted by atomic mass is 9.91. The summed E-state index contributed by atoms with van der Waals surface area (Å²) in [5.41, 5.74) is 0. The van der Waals surface area contributed by atoms with Gasteiger partial charge >= 0.3 is 5.97 Å². The molecule has 4 heteroatoms. The molecule has 0 aromatic rings. The van der Waals surface area contributed by atoms with Crippen LogP contribution in [0.3, 0.4) is 0 Å². The Labute approximate surface area is 315 Å². The van der Waals surface area contributed by atoms with Crippen LogP contribution in [0.5, 0.6) is 0 Å². The van der Waals surface area contributed by atoms with Gasteiger partial charge in [-0.15, -0.1) is 0 Å². The van der Waals surface area contributed by atoms with Gasteiger partial charge in [0.25, 0.3) is 0 Å². The van der Waals surface area contributed by atoms with Gasteiger partial charge in [-0.05, 0) is 65.0 Å². The third-order valence-electron chi connectivity index (χ3n) is 10.5. The van der Waals surface area contributed by atoms with Gasteiger partial charge in [-0.3, -0.25) is 9.59 Å². The van der Waals surface area contributed by atoms with Crippen molar-refractivity contribution in [3.63, 3.8) is 0 Å². The molecule has 0 heterocycles. The van der Waals surface area contributed by atoms with E-state index < -0.39 is 0 Å². The number of hydrogen-bond acceptors (Lipinski definition) is 4. The number of carbonyl (C=O) groups is 2. The molecule has 0 aromatic carbocycles. The van der Waals surface area contributed by atoms with Gasteiger partial charge in [0, 0.05) is 5.92 Å². The highest BCUT2D eigenvalue weighted by Gasteiger charge is 2.19. The normalized spacial score (nSPS) is 12.4. The number of hydrogen-bond donors (Lipinski definition) is 1. The maximum Gasteiger partial charge on any atom is 0.308 e. The number of nitrogens with one attached hydrogen (secondary N) is 1. The number of ketones is 1. The lowest BCUT2D eigenvalue weighted by molar-refractivity contribution is -0.149. The minimum Gasteiger partial charge on any atom is -0.465 e. The summed E-state index contributed by atoms with van der Waals surface area (Å²) in [5.74, 6) is 0.993. The molecule has 0 spiro atoms. The van der Waals surface area contributed by atoms with Crippen LogP contribution in [0.15, 0.2) is 0 Å². The largest absolute Gasteiger partial charge is 0.465 e. The van der Waals surface area contributed by atoms with Crippen molar-refractivity contribution in [2.45, 2.75) is 253 Å². The van der Waals surface area contributed by atoms with Crippen molar-refractivity contribution in [1.29, 1.82) is 0 Å². The minimum atomic E-state index is 0.0831. The highest BCUT2D eigenvalue weighted by atomic mass is 16.5. The maximum absolute atomic E-state index is 12.6. The van der Waals surface area contributed by atoms with Crippen molar-refractivity contribution in [2.24, 2.45) is 11.8 Å². The lowest BCUT2D eigenvalue weighted by Gasteiger charge is -2.16. The SMILES string of the molecule is CCCCCCCCC(CCCCCC)C(=O)OCCCCCCNCCCCCCC.CCCCCCCCC(CCCCCC)C(C)=O. The first-order valence-electron chi connectivity index (χ1n) is 22.9. The second-order valence-electron chi connectivity index (χ2n) is 15.6. The summed E-state index contributed by atoms with van der Waals surface area (Å²) in [7, 11) is 0. The molecule has 2 atom stereocenters. The summed E-state index contributed by atoms with van der Waals surface area (Å²) in [4.78, 5) is 24.2. The zero-order valence-electron chi connectivity index (χ0n) is 35.3. The van der Waals surface area contributed by atoms with Gasteiger partial charge < -0.3 is 10.1 Å². The molecule has 2 unspecified atom stereocenters. The minimum absolute atomic E-state index is 0.0831. The first-order valence-corrected chi connectivity index (χ1v) is 22.9. The molecule has 0 aliphatic carbocycles. The van der Waals surface area contributed by atoms with Gasteiger partial charge in [-0.1, -0.05) is 202 Å². The van der Waals surface area contributed by atoms with Crippen LogP contribution in [0, 0.1) is 11.8 Å². The number of carbonyl (C=O) groups excluding carboxylic acids is 2. The fourth-order valence-electron chi connectivity index (χ4n) is 6.88. The Morgan fingerprint density at radius 1 is 0.400 bits per heavy atom. The molecule has 0 saturated heterocycles. The summed E-state index contributed by atoms with van der Waals surface area (Å²) >= 11 is 0. The van der Waals surface area contributed by atoms with Crippen LogP contribution in [-0.4, -0.2) is 31.4 Å². The molecule has 0 saturated carbocycles. The monoisotopic (exact) mass is 708 g/mol. The Hall–Kier alpha value is -0.900. The predicted octanol–water partition coefficient (Wildman–Crippen LogP) is 14.9. The Kier molecular flexibility index (Phi) is 45.3. The molecular formula is C46H93NO3. The van der Waals surface area contributed by atoms with Crippen molar-refractivity contribution in [3.8, 4) is 0 Å². The fraction of sp³-hybridized carbons (Fsp3) is 0.957. The molecule has 300 valence electrons. The van der Waals surface area contributed by atoms with Crippen molar-refractivity contribution in [1.82, 2.24) is 5.32 Å². The Balaban J connectivity index is 0. The second kappa shape index (κ2) is 44.3. The molecule has 50 heavy (non-hydrogen) atoms. The van der Waals surface area contributed by atoms with Crippen LogP contribution in [-0.2, 0) is 14.3 Å². The van der Waals surface area contributed by atoms with E-state index in [0.29, 0.717) is 18.3 Å². The summed E-state index contributed by atoms with van der Waals surface area (Å²) < 4.78 is 5.69. The molecule has 0 rings (SSSR count). The van der Waals surface area contributed by atoms with Crippen LogP contribution in [0.1, 0.15) is 253 Å². The first kappa shape index (κ1) is 51.2. The number of ether oxygens (including phenoxy) is 1. The van der Waals surface area contributed by atoms with Crippen molar-refractivity contribution < 1.29 is 14.3 Å². The van der Waals surface area contributed by atoms with Crippen molar-refractivity contribution >= 4 is 11.8 Å². The summed E-state index contributed by atoms with van der Waals surface area (Å²) in [6.45, 7) is 15.9. The van der Waals surface area contributed by atoms with Crippen molar-refractivity contribution in [2.75, 3.05) is 19.7 Å². The van der Waals surface area contributed by atoms with Gasteiger partial charge in [-0.2, -0.15) is 0 Å². The number of esters is 1. The summed E-state index contributed by atoms with van der Waals surface area (Å²) in [6, 6.07) is 0. The number of rotatable bonds is 39. The highest BCUT2D eigenvalue weighted by molar-refractivity contribution is 5.78. The predicted molar refractivity (Wildman–Crippen MR) is 222 cm³/mol. The van der Waals surface area contributed by atoms with Crippen LogP contribution in [0.4, 0.5) is 0 Å². The third kappa shape index (κ3) is 39.9. The highest BCUT2D eigenvalue weighted by Crippen LogP contribution is 2.21. The van der Waals surface area contributed by atoms with E-state index in [1.807, 2.05) is 0 Å². The van der Waals surface area contributed by atoms with E-state index in [9.17, 15) is 9.59 Å². The molecular weight excluding hydrogens is 615 g/mol. The van der Waals surface area contributed by atoms with E-state index in [1.165, 1.54) is 186 Å². The zero-order chi connectivity index (χ0) is 37.2. The number of Topliss-reactive ketones (excluding diaryl/α,β-unsaturated/α-hetero) is 1. The smallest absolute Gasteiger partial charge is 0.308 e. The van der Waals surface area contributed by atoms with Gasteiger partial charge in [0.1, 0.15) is 5.78 Å². The van der Waals surface area contributed by atoms with E-state index in [-0.39, 0.29) is 11.9 Å². The Bertz CT molecular complexity index is 666. The van der Waals surface area contributed by atoms with E-state index in [0.717, 1.165) is 38.6 Å². The zero-order valence-corrected chi connectivity index (χ0v) is 35.3. The van der Waals surface area contributed by atoms with Gasteiger partial charge in [-0.25, -0.2) is 0 Å². The third-order valence-corrected chi connectivity index (χ3v) is 10.5. The van der Waals surface area contributed by atoms with Crippen LogP contribution in [0.2, 0.25) is 0 Å². The topological polar surface area (TPSA) is 55.4 Å². The average molecular weight is 708 g/mol. The van der Waals surface area contributed by atoms with Crippen LogP contribution >= 0.6 is 0 Å². The van der Waals surface area contributed by atoms with Crippen molar-refractivity contribution in [3.05, 3.63) is 0 Å². The van der Waals surface area contributed by atoms with E-state index in [4.69, 9.17) is 4.74 Å². The average Bonchev–Trinajstić information content (AvgIpc) is 3.11. The Morgan fingerprint density at radius 3 is 1.08 bits per heavy atom. The molecule has 0 radical (unpaired) electrons. The summed E-state index contributed by atoms with van der Waals surface area (Å²) in [5, 5.41) is 3.56. The molecule has 1 N–H and O–H groups in total. The van der Waals surface area contributed by atoms with Crippen LogP contribution in [0.25, 0.3) is 0 Å². The molecule has 0 amide bonds.